The van der Waals surface area contributed by atoms with Gasteiger partial charge in [0.2, 0.25) is 0 Å². The van der Waals surface area contributed by atoms with Crippen molar-refractivity contribution in [1.82, 2.24) is 15.5 Å². The second kappa shape index (κ2) is 5.68. The van der Waals surface area contributed by atoms with Gasteiger partial charge in [-0.2, -0.15) is 5.10 Å². The van der Waals surface area contributed by atoms with Gasteiger partial charge in [-0.3, -0.25) is 9.89 Å². The Labute approximate surface area is 122 Å². The first-order chi connectivity index (χ1) is 10.2. The van der Waals surface area contributed by atoms with Gasteiger partial charge in [-0.25, -0.2) is 4.39 Å². The van der Waals surface area contributed by atoms with Crippen LogP contribution in [0.25, 0.3) is 0 Å². The van der Waals surface area contributed by atoms with E-state index in [4.69, 9.17) is 0 Å². The Kier molecular flexibility index (Phi) is 3.73. The lowest BCUT2D eigenvalue weighted by atomic mass is 9.78. The summed E-state index contributed by atoms with van der Waals surface area (Å²) in [5, 5.41) is 9.31. The SMILES string of the molecule is O=C(NCC1(c2ccccc2F)CCCC1)c1cn[nH]c1. The van der Waals surface area contributed by atoms with Crippen LogP contribution < -0.4 is 5.32 Å². The number of nitrogens with one attached hydrogen (secondary N) is 2. The van der Waals surface area contributed by atoms with Gasteiger partial charge < -0.3 is 5.32 Å². The molecule has 0 spiro atoms. The predicted molar refractivity (Wildman–Crippen MR) is 77.5 cm³/mol. The highest BCUT2D eigenvalue weighted by Gasteiger charge is 2.37. The molecule has 1 aromatic heterocycles. The first-order valence-corrected chi connectivity index (χ1v) is 7.23. The Balaban J connectivity index is 1.79. The summed E-state index contributed by atoms with van der Waals surface area (Å²) in [7, 11) is 0. The quantitative estimate of drug-likeness (QED) is 0.908. The predicted octanol–water partition coefficient (Wildman–Crippen LogP) is 2.79. The van der Waals surface area contributed by atoms with E-state index in [1.165, 1.54) is 12.3 Å². The van der Waals surface area contributed by atoms with Gasteiger partial charge in [-0.1, -0.05) is 31.0 Å². The van der Waals surface area contributed by atoms with Crippen molar-refractivity contribution in [3.8, 4) is 0 Å². The van der Waals surface area contributed by atoms with E-state index in [1.54, 1.807) is 12.3 Å². The van der Waals surface area contributed by atoms with Gasteiger partial charge in [-0.05, 0) is 24.5 Å². The zero-order chi connectivity index (χ0) is 14.7. The van der Waals surface area contributed by atoms with Crippen LogP contribution in [0.1, 0.15) is 41.6 Å². The first-order valence-electron chi connectivity index (χ1n) is 7.23. The van der Waals surface area contributed by atoms with Crippen molar-refractivity contribution >= 4 is 5.91 Å². The Morgan fingerprint density at radius 2 is 2.10 bits per heavy atom. The average Bonchev–Trinajstić information content (AvgIpc) is 3.17. The fraction of sp³-hybridized carbons (Fsp3) is 0.375. The molecule has 1 aliphatic carbocycles. The number of aromatic nitrogens is 2. The van der Waals surface area contributed by atoms with Gasteiger partial charge in [-0.15, -0.1) is 0 Å². The number of carbonyl (C=O) groups is 1. The van der Waals surface area contributed by atoms with Crippen molar-refractivity contribution in [2.75, 3.05) is 6.54 Å². The summed E-state index contributed by atoms with van der Waals surface area (Å²) in [4.78, 5) is 12.1. The van der Waals surface area contributed by atoms with Crippen LogP contribution in [0.5, 0.6) is 0 Å². The highest BCUT2D eigenvalue weighted by Crippen LogP contribution is 2.41. The lowest BCUT2D eigenvalue weighted by Gasteiger charge is -2.30. The largest absolute Gasteiger partial charge is 0.351 e. The lowest BCUT2D eigenvalue weighted by Crippen LogP contribution is -2.39. The molecule has 3 rings (SSSR count). The number of benzene rings is 1. The first kappa shape index (κ1) is 13.8. The Bertz CT molecular complexity index is 618. The van der Waals surface area contributed by atoms with E-state index in [1.807, 2.05) is 12.1 Å². The standard InChI is InChI=1S/C16H18FN3O/c17-14-6-2-1-5-13(14)16(7-3-4-8-16)11-18-15(21)12-9-19-20-10-12/h1-2,5-6,9-10H,3-4,7-8,11H2,(H,18,21)(H,19,20). The minimum Gasteiger partial charge on any atom is -0.351 e. The van der Waals surface area contributed by atoms with Crippen LogP contribution in [0, 0.1) is 5.82 Å². The molecule has 110 valence electrons. The molecule has 1 aliphatic rings. The number of halogens is 1. The third kappa shape index (κ3) is 2.68. The molecule has 1 amide bonds. The molecule has 1 aromatic carbocycles. The Hall–Kier alpha value is -2.17. The van der Waals surface area contributed by atoms with E-state index < -0.39 is 0 Å². The minimum absolute atomic E-state index is 0.175. The molecule has 0 unspecified atom stereocenters. The van der Waals surface area contributed by atoms with Crippen molar-refractivity contribution in [2.45, 2.75) is 31.1 Å². The highest BCUT2D eigenvalue weighted by atomic mass is 19.1. The third-order valence-corrected chi connectivity index (χ3v) is 4.35. The zero-order valence-corrected chi connectivity index (χ0v) is 11.7. The summed E-state index contributed by atoms with van der Waals surface area (Å²) in [6.45, 7) is 0.456. The Morgan fingerprint density at radius 1 is 1.33 bits per heavy atom. The summed E-state index contributed by atoms with van der Waals surface area (Å²) in [6.07, 6.45) is 6.98. The summed E-state index contributed by atoms with van der Waals surface area (Å²) in [5.41, 5.74) is 0.928. The molecular weight excluding hydrogens is 269 g/mol. The molecule has 0 radical (unpaired) electrons. The van der Waals surface area contributed by atoms with E-state index >= 15 is 0 Å². The summed E-state index contributed by atoms with van der Waals surface area (Å²) < 4.78 is 14.2. The smallest absolute Gasteiger partial charge is 0.254 e. The van der Waals surface area contributed by atoms with Gasteiger partial charge in [0.1, 0.15) is 5.82 Å². The second-order valence-electron chi connectivity index (χ2n) is 5.64. The monoisotopic (exact) mass is 287 g/mol. The van der Waals surface area contributed by atoms with E-state index in [0.29, 0.717) is 12.1 Å². The molecule has 5 heteroatoms. The van der Waals surface area contributed by atoms with Crippen LogP contribution in [0.4, 0.5) is 4.39 Å². The van der Waals surface area contributed by atoms with Gasteiger partial charge >= 0.3 is 0 Å². The maximum Gasteiger partial charge on any atom is 0.254 e. The van der Waals surface area contributed by atoms with Crippen molar-refractivity contribution in [3.63, 3.8) is 0 Å². The molecule has 0 bridgehead atoms. The normalized spacial score (nSPS) is 16.8. The second-order valence-corrected chi connectivity index (χ2v) is 5.64. The third-order valence-electron chi connectivity index (χ3n) is 4.35. The molecule has 0 aliphatic heterocycles. The van der Waals surface area contributed by atoms with E-state index in [-0.39, 0.29) is 17.1 Å². The molecule has 0 atom stereocenters. The molecule has 2 aromatic rings. The van der Waals surface area contributed by atoms with Crippen molar-refractivity contribution in [1.29, 1.82) is 0 Å². The number of amides is 1. The van der Waals surface area contributed by atoms with Crippen molar-refractivity contribution < 1.29 is 9.18 Å². The number of carbonyl (C=O) groups excluding carboxylic acids is 1. The molecule has 1 heterocycles. The van der Waals surface area contributed by atoms with Crippen molar-refractivity contribution in [3.05, 3.63) is 53.6 Å². The lowest BCUT2D eigenvalue weighted by molar-refractivity contribution is 0.0942. The van der Waals surface area contributed by atoms with Crippen LogP contribution in [0.15, 0.2) is 36.7 Å². The summed E-state index contributed by atoms with van der Waals surface area (Å²) in [6, 6.07) is 6.89. The van der Waals surface area contributed by atoms with E-state index in [0.717, 1.165) is 31.2 Å². The minimum atomic E-state index is -0.287. The summed E-state index contributed by atoms with van der Waals surface area (Å²) in [5.74, 6) is -0.358. The average molecular weight is 287 g/mol. The van der Waals surface area contributed by atoms with Crippen LogP contribution >= 0.6 is 0 Å². The van der Waals surface area contributed by atoms with Gasteiger partial charge in [0.25, 0.3) is 5.91 Å². The number of hydrogen-bond donors (Lipinski definition) is 2. The topological polar surface area (TPSA) is 57.8 Å². The number of hydrogen-bond acceptors (Lipinski definition) is 2. The van der Waals surface area contributed by atoms with Crippen molar-refractivity contribution in [2.24, 2.45) is 0 Å². The number of rotatable bonds is 4. The number of nitrogens with zero attached hydrogens (tertiary/aromatic N) is 1. The fourth-order valence-electron chi connectivity index (χ4n) is 3.21. The maximum atomic E-state index is 14.2. The van der Waals surface area contributed by atoms with Crippen LogP contribution in [-0.4, -0.2) is 22.6 Å². The van der Waals surface area contributed by atoms with Crippen LogP contribution in [0.3, 0.4) is 0 Å². The molecular formula is C16H18FN3O. The maximum absolute atomic E-state index is 14.2. The molecule has 21 heavy (non-hydrogen) atoms. The van der Waals surface area contributed by atoms with E-state index in [9.17, 15) is 9.18 Å². The molecule has 0 saturated heterocycles. The number of H-pyrrole nitrogens is 1. The summed E-state index contributed by atoms with van der Waals surface area (Å²) >= 11 is 0. The fourth-order valence-corrected chi connectivity index (χ4v) is 3.21. The molecule has 1 fully saturated rings. The molecule has 4 nitrogen and oxygen atoms in total. The van der Waals surface area contributed by atoms with Crippen LogP contribution in [-0.2, 0) is 5.41 Å². The van der Waals surface area contributed by atoms with Crippen LogP contribution in [0.2, 0.25) is 0 Å². The zero-order valence-electron chi connectivity index (χ0n) is 11.7. The van der Waals surface area contributed by atoms with E-state index in [2.05, 4.69) is 15.5 Å². The molecule has 2 N–H and O–H groups in total. The van der Waals surface area contributed by atoms with Gasteiger partial charge in [0, 0.05) is 18.2 Å². The highest BCUT2D eigenvalue weighted by molar-refractivity contribution is 5.93. The van der Waals surface area contributed by atoms with Gasteiger partial charge in [0.15, 0.2) is 0 Å². The van der Waals surface area contributed by atoms with Gasteiger partial charge in [0.05, 0.1) is 11.8 Å². The number of aromatic amines is 1. The Morgan fingerprint density at radius 3 is 2.76 bits per heavy atom. The molecule has 1 saturated carbocycles.